The Morgan fingerprint density at radius 1 is 1.13 bits per heavy atom. The second-order valence-corrected chi connectivity index (χ2v) is 9.90. The lowest BCUT2D eigenvalue weighted by atomic mass is 10.3. The SMILES string of the molecule is Cc1ccsc1/C=N\NC(=O)CN(c1cc(Cl)cc(Cl)c1)S(=O)(=O)c1ccccc1. The topological polar surface area (TPSA) is 78.8 Å². The molecule has 2 aromatic carbocycles. The molecule has 3 aromatic rings. The van der Waals surface area contributed by atoms with Crippen LogP contribution in [0.1, 0.15) is 10.4 Å². The van der Waals surface area contributed by atoms with E-state index in [1.807, 2.05) is 18.4 Å². The van der Waals surface area contributed by atoms with Gasteiger partial charge in [-0.1, -0.05) is 41.4 Å². The number of carbonyl (C=O) groups is 1. The van der Waals surface area contributed by atoms with Gasteiger partial charge in [-0.25, -0.2) is 13.8 Å². The van der Waals surface area contributed by atoms with Crippen molar-refractivity contribution < 1.29 is 13.2 Å². The lowest BCUT2D eigenvalue weighted by Crippen LogP contribution is -2.39. The maximum atomic E-state index is 13.2. The van der Waals surface area contributed by atoms with Gasteiger partial charge in [0.25, 0.3) is 15.9 Å². The first kappa shape index (κ1) is 22.3. The van der Waals surface area contributed by atoms with Crippen LogP contribution in [0.4, 0.5) is 5.69 Å². The molecule has 10 heteroatoms. The largest absolute Gasteiger partial charge is 0.271 e. The van der Waals surface area contributed by atoms with E-state index in [0.29, 0.717) is 0 Å². The molecule has 1 heterocycles. The van der Waals surface area contributed by atoms with Crippen LogP contribution in [0.3, 0.4) is 0 Å². The molecule has 0 radical (unpaired) electrons. The van der Waals surface area contributed by atoms with Crippen molar-refractivity contribution in [3.63, 3.8) is 0 Å². The molecule has 0 fully saturated rings. The van der Waals surface area contributed by atoms with Crippen molar-refractivity contribution in [2.45, 2.75) is 11.8 Å². The number of nitrogens with zero attached hydrogens (tertiary/aromatic N) is 2. The van der Waals surface area contributed by atoms with E-state index >= 15 is 0 Å². The third-order valence-corrected chi connectivity index (χ3v) is 7.20. The summed E-state index contributed by atoms with van der Waals surface area (Å²) >= 11 is 13.6. The fraction of sp³-hybridized carbons (Fsp3) is 0.100. The molecule has 0 aliphatic heterocycles. The summed E-state index contributed by atoms with van der Waals surface area (Å²) < 4.78 is 27.4. The lowest BCUT2D eigenvalue weighted by molar-refractivity contribution is -0.119. The molecule has 1 N–H and O–H groups in total. The van der Waals surface area contributed by atoms with E-state index in [4.69, 9.17) is 23.2 Å². The summed E-state index contributed by atoms with van der Waals surface area (Å²) in [5.74, 6) is -0.615. The zero-order chi connectivity index (χ0) is 21.7. The third-order valence-electron chi connectivity index (χ3n) is 4.03. The van der Waals surface area contributed by atoms with Crippen LogP contribution in [0, 0.1) is 6.92 Å². The van der Waals surface area contributed by atoms with Crippen LogP contribution < -0.4 is 9.73 Å². The summed E-state index contributed by atoms with van der Waals surface area (Å²) in [6.45, 7) is 1.42. The van der Waals surface area contributed by atoms with Gasteiger partial charge >= 0.3 is 0 Å². The number of halogens is 2. The second kappa shape index (κ2) is 9.61. The van der Waals surface area contributed by atoms with Crippen LogP contribution in [0.25, 0.3) is 0 Å². The van der Waals surface area contributed by atoms with E-state index < -0.39 is 22.5 Å². The first-order valence-corrected chi connectivity index (χ1v) is 11.7. The number of anilines is 1. The number of hydrogen-bond donors (Lipinski definition) is 1. The summed E-state index contributed by atoms with van der Waals surface area (Å²) in [6.07, 6.45) is 1.52. The van der Waals surface area contributed by atoms with Gasteiger partial charge in [0.15, 0.2) is 0 Å². The number of amides is 1. The van der Waals surface area contributed by atoms with E-state index in [1.165, 1.54) is 47.9 Å². The van der Waals surface area contributed by atoms with Crippen LogP contribution >= 0.6 is 34.5 Å². The first-order valence-electron chi connectivity index (χ1n) is 8.67. The Kier molecular flexibility index (Phi) is 7.14. The number of nitrogens with one attached hydrogen (secondary N) is 1. The van der Waals surface area contributed by atoms with Crippen molar-refractivity contribution in [3.05, 3.63) is 80.5 Å². The molecule has 156 valence electrons. The van der Waals surface area contributed by atoms with Gasteiger partial charge in [-0.05, 0) is 54.3 Å². The maximum Gasteiger partial charge on any atom is 0.264 e. The van der Waals surface area contributed by atoms with E-state index in [1.54, 1.807) is 18.2 Å². The van der Waals surface area contributed by atoms with Gasteiger partial charge in [-0.3, -0.25) is 9.10 Å². The molecule has 1 aromatic heterocycles. The van der Waals surface area contributed by atoms with Crippen LogP contribution in [-0.4, -0.2) is 27.1 Å². The summed E-state index contributed by atoms with van der Waals surface area (Å²) in [5.41, 5.74) is 3.56. The monoisotopic (exact) mass is 481 g/mol. The van der Waals surface area contributed by atoms with Crippen molar-refractivity contribution in [2.75, 3.05) is 10.8 Å². The van der Waals surface area contributed by atoms with Crippen LogP contribution in [0.5, 0.6) is 0 Å². The summed E-state index contributed by atoms with van der Waals surface area (Å²) in [5, 5.41) is 6.33. The predicted molar refractivity (Wildman–Crippen MR) is 122 cm³/mol. The Balaban J connectivity index is 1.89. The van der Waals surface area contributed by atoms with Gasteiger partial charge in [-0.2, -0.15) is 5.10 Å². The number of hydrogen-bond acceptors (Lipinski definition) is 5. The zero-order valence-electron chi connectivity index (χ0n) is 15.7. The van der Waals surface area contributed by atoms with Crippen LogP contribution in [0.2, 0.25) is 10.0 Å². The number of thiophene rings is 1. The Labute approximate surface area is 188 Å². The number of carbonyl (C=O) groups excluding carboxylic acids is 1. The Hall–Kier alpha value is -2.39. The standard InChI is InChI=1S/C20H17Cl2N3O3S2/c1-14-7-8-29-19(14)12-23-24-20(26)13-25(17-10-15(21)9-16(22)11-17)30(27,28)18-5-3-2-4-6-18/h2-12H,13H2,1H3,(H,24,26)/b23-12-. The van der Waals surface area contributed by atoms with Crippen molar-refractivity contribution in [1.82, 2.24) is 5.43 Å². The molecule has 3 rings (SSSR count). The van der Waals surface area contributed by atoms with Crippen molar-refractivity contribution >= 4 is 62.4 Å². The molecular formula is C20H17Cl2N3O3S2. The van der Waals surface area contributed by atoms with Gasteiger partial charge < -0.3 is 0 Å². The van der Waals surface area contributed by atoms with Gasteiger partial charge in [0.2, 0.25) is 0 Å². The van der Waals surface area contributed by atoms with E-state index in [9.17, 15) is 13.2 Å². The number of rotatable bonds is 7. The quantitative estimate of drug-likeness (QED) is 0.391. The van der Waals surface area contributed by atoms with Gasteiger partial charge in [0.05, 0.1) is 16.8 Å². The molecule has 0 aliphatic rings. The smallest absolute Gasteiger partial charge is 0.264 e. The van der Waals surface area contributed by atoms with Gasteiger partial charge in [-0.15, -0.1) is 11.3 Å². The minimum atomic E-state index is -4.05. The Bertz CT molecular complexity index is 1160. The minimum Gasteiger partial charge on any atom is -0.271 e. The summed E-state index contributed by atoms with van der Waals surface area (Å²) in [7, 11) is -4.05. The Morgan fingerprint density at radius 2 is 1.80 bits per heavy atom. The van der Waals surface area contributed by atoms with Crippen LogP contribution in [0.15, 0.2) is 70.0 Å². The number of benzene rings is 2. The molecule has 1 amide bonds. The molecule has 0 unspecified atom stereocenters. The van der Waals surface area contributed by atoms with Gasteiger partial charge in [0, 0.05) is 14.9 Å². The number of aryl methyl sites for hydroxylation is 1. The van der Waals surface area contributed by atoms with Gasteiger partial charge in [0.1, 0.15) is 6.54 Å². The van der Waals surface area contributed by atoms with E-state index in [2.05, 4.69) is 10.5 Å². The summed E-state index contributed by atoms with van der Waals surface area (Å²) in [6, 6.07) is 14.1. The van der Waals surface area contributed by atoms with Crippen molar-refractivity contribution in [2.24, 2.45) is 5.10 Å². The third kappa shape index (κ3) is 5.40. The normalized spacial score (nSPS) is 11.6. The highest BCUT2D eigenvalue weighted by molar-refractivity contribution is 7.92. The highest BCUT2D eigenvalue weighted by Crippen LogP contribution is 2.29. The highest BCUT2D eigenvalue weighted by Gasteiger charge is 2.27. The molecule has 0 aliphatic carbocycles. The maximum absolute atomic E-state index is 13.2. The van der Waals surface area contributed by atoms with E-state index in [-0.39, 0.29) is 20.6 Å². The molecule has 0 saturated heterocycles. The molecule has 0 bridgehead atoms. The first-order chi connectivity index (χ1) is 14.3. The average Bonchev–Trinajstić information content (AvgIpc) is 3.10. The summed E-state index contributed by atoms with van der Waals surface area (Å²) in [4.78, 5) is 13.4. The number of sulfonamides is 1. The zero-order valence-corrected chi connectivity index (χ0v) is 18.9. The fourth-order valence-corrected chi connectivity index (χ4v) is 5.29. The molecule has 0 spiro atoms. The number of hydrazone groups is 1. The van der Waals surface area contributed by atoms with E-state index in [0.717, 1.165) is 14.7 Å². The molecule has 0 atom stereocenters. The molecular weight excluding hydrogens is 465 g/mol. The predicted octanol–water partition coefficient (Wildman–Crippen LogP) is 4.71. The Morgan fingerprint density at radius 3 is 2.40 bits per heavy atom. The van der Waals surface area contributed by atoms with Crippen LogP contribution in [-0.2, 0) is 14.8 Å². The van der Waals surface area contributed by atoms with Crippen molar-refractivity contribution in [1.29, 1.82) is 0 Å². The lowest BCUT2D eigenvalue weighted by Gasteiger charge is -2.24. The average molecular weight is 482 g/mol. The van der Waals surface area contributed by atoms with Crippen molar-refractivity contribution in [3.8, 4) is 0 Å². The molecule has 0 saturated carbocycles. The minimum absolute atomic E-state index is 0.0339. The highest BCUT2D eigenvalue weighted by atomic mass is 35.5. The molecule has 6 nitrogen and oxygen atoms in total. The molecule has 30 heavy (non-hydrogen) atoms. The fourth-order valence-electron chi connectivity index (χ4n) is 2.56. The second-order valence-electron chi connectivity index (χ2n) is 6.21.